The van der Waals surface area contributed by atoms with Crippen LogP contribution in [-0.2, 0) is 22.4 Å². The van der Waals surface area contributed by atoms with E-state index in [4.69, 9.17) is 0 Å². The lowest BCUT2D eigenvalue weighted by atomic mass is 9.98. The molecule has 2 amide bonds. The summed E-state index contributed by atoms with van der Waals surface area (Å²) in [6, 6.07) is 19.1. The van der Waals surface area contributed by atoms with Gasteiger partial charge in [0.2, 0.25) is 0 Å². The fourth-order valence-electron chi connectivity index (χ4n) is 6.28. The van der Waals surface area contributed by atoms with E-state index in [9.17, 15) is 20.0 Å². The molecule has 2 aliphatic heterocycles. The van der Waals surface area contributed by atoms with Crippen LogP contribution in [0.15, 0.2) is 60.7 Å². The molecule has 8 nitrogen and oxygen atoms in total. The first-order chi connectivity index (χ1) is 18.9. The Labute approximate surface area is 232 Å². The molecule has 0 saturated carbocycles. The molecule has 4 atom stereocenters. The Morgan fingerprint density at radius 3 is 1.49 bits per heavy atom. The number of carbonyl (C=O) groups excluding carboxylic acids is 2. The van der Waals surface area contributed by atoms with Crippen molar-refractivity contribution in [2.75, 3.05) is 39.3 Å². The number of hydroxylamine groups is 6. The number of piperidine rings is 2. The number of nitrogens with one attached hydrogen (secondary N) is 2. The molecule has 2 heterocycles. The molecule has 4 N–H and O–H groups in total. The molecule has 0 radical (unpaired) electrons. The molecule has 2 fully saturated rings. The molecule has 2 aromatic rings. The van der Waals surface area contributed by atoms with E-state index in [1.165, 1.54) is 11.1 Å². The summed E-state index contributed by atoms with van der Waals surface area (Å²) in [6.07, 6.45) is 6.93. The van der Waals surface area contributed by atoms with E-state index in [1.807, 2.05) is 60.7 Å². The Balaban J connectivity index is 1.28. The zero-order valence-electron chi connectivity index (χ0n) is 23.1. The minimum Gasteiger partial charge on any atom is -0.351 e. The first-order valence-electron chi connectivity index (χ1n) is 14.7. The van der Waals surface area contributed by atoms with Gasteiger partial charge in [-0.3, -0.25) is 9.59 Å². The molecule has 4 rings (SSSR count). The highest BCUT2D eigenvalue weighted by atomic mass is 16.6. The van der Waals surface area contributed by atoms with Crippen molar-refractivity contribution in [2.45, 2.75) is 69.9 Å². The van der Waals surface area contributed by atoms with Gasteiger partial charge in [-0.25, -0.2) is 10.4 Å². The third-order valence-electron chi connectivity index (χ3n) is 8.51. The molecule has 2 saturated heterocycles. The van der Waals surface area contributed by atoms with Crippen LogP contribution in [0.2, 0.25) is 0 Å². The Morgan fingerprint density at radius 1 is 0.667 bits per heavy atom. The van der Waals surface area contributed by atoms with E-state index >= 15 is 0 Å². The van der Waals surface area contributed by atoms with Gasteiger partial charge >= 0.3 is 0 Å². The number of hydrogen-bond acceptors (Lipinski definition) is 4. The van der Waals surface area contributed by atoms with Crippen molar-refractivity contribution in [3.05, 3.63) is 71.8 Å². The highest BCUT2D eigenvalue weighted by Crippen LogP contribution is 2.27. The third-order valence-corrected chi connectivity index (χ3v) is 8.51. The lowest BCUT2D eigenvalue weighted by molar-refractivity contribution is -1.13. The van der Waals surface area contributed by atoms with Crippen LogP contribution in [0.25, 0.3) is 0 Å². The number of benzene rings is 2. The van der Waals surface area contributed by atoms with Gasteiger partial charge in [0.15, 0.2) is 12.1 Å². The minimum atomic E-state index is -0.500. The number of nitrogens with zero attached hydrogens (tertiary/aromatic N) is 2. The topological polar surface area (TPSA) is 98.7 Å². The average Bonchev–Trinajstić information content (AvgIpc) is 2.94. The Morgan fingerprint density at radius 2 is 1.08 bits per heavy atom. The largest absolute Gasteiger partial charge is 0.351 e. The van der Waals surface area contributed by atoms with E-state index in [1.54, 1.807) is 0 Å². The zero-order valence-corrected chi connectivity index (χ0v) is 23.1. The van der Waals surface area contributed by atoms with E-state index in [0.717, 1.165) is 38.5 Å². The molecule has 212 valence electrons. The van der Waals surface area contributed by atoms with Crippen molar-refractivity contribution in [1.29, 1.82) is 0 Å². The number of quaternary nitrogens is 2. The summed E-state index contributed by atoms with van der Waals surface area (Å²) in [5.41, 5.74) is 2.34. The van der Waals surface area contributed by atoms with Crippen LogP contribution in [0, 0.1) is 0 Å². The quantitative estimate of drug-likeness (QED) is 0.310. The van der Waals surface area contributed by atoms with Gasteiger partial charge in [-0.05, 0) is 49.7 Å². The van der Waals surface area contributed by atoms with E-state index in [2.05, 4.69) is 10.6 Å². The predicted octanol–water partition coefficient (Wildman–Crippen LogP) is 3.61. The highest BCUT2D eigenvalue weighted by molar-refractivity contribution is 5.81. The monoisotopic (exact) mass is 538 g/mol. The van der Waals surface area contributed by atoms with Crippen molar-refractivity contribution in [3.8, 4) is 0 Å². The lowest BCUT2D eigenvalue weighted by Gasteiger charge is -2.42. The van der Waals surface area contributed by atoms with Crippen molar-refractivity contribution >= 4 is 11.8 Å². The van der Waals surface area contributed by atoms with Crippen molar-refractivity contribution < 1.29 is 29.3 Å². The van der Waals surface area contributed by atoms with E-state index in [-0.39, 0.29) is 21.1 Å². The fourth-order valence-corrected chi connectivity index (χ4v) is 6.28. The van der Waals surface area contributed by atoms with Gasteiger partial charge in [0.1, 0.15) is 26.2 Å². The van der Waals surface area contributed by atoms with Gasteiger partial charge in [-0.2, -0.15) is 9.29 Å². The smallest absolute Gasteiger partial charge is 0.281 e. The molecule has 0 aromatic heterocycles. The van der Waals surface area contributed by atoms with Crippen LogP contribution in [0.4, 0.5) is 0 Å². The molecular weight excluding hydrogens is 492 g/mol. The number of rotatable bonds is 12. The summed E-state index contributed by atoms with van der Waals surface area (Å²) in [5.74, 6) is -0.204. The van der Waals surface area contributed by atoms with Crippen LogP contribution < -0.4 is 10.6 Å². The van der Waals surface area contributed by atoms with Gasteiger partial charge in [-0.15, -0.1) is 0 Å². The first kappa shape index (κ1) is 29.2. The summed E-state index contributed by atoms with van der Waals surface area (Å²) in [7, 11) is 0. The van der Waals surface area contributed by atoms with Gasteiger partial charge in [0.05, 0.1) is 6.42 Å². The maximum Gasteiger partial charge on any atom is 0.281 e. The van der Waals surface area contributed by atoms with Crippen LogP contribution in [0.5, 0.6) is 0 Å². The maximum absolute atomic E-state index is 13.1. The average molecular weight is 539 g/mol. The van der Waals surface area contributed by atoms with Crippen molar-refractivity contribution in [3.63, 3.8) is 0 Å². The SMILES string of the molecule is O=C(NCCc1ccccc1)[C@@H]1CCCC[N@@+]1(O)CCC[N@+]1(O)CCCC[C@H]1C(=O)NCCc1ccccc1. The van der Waals surface area contributed by atoms with E-state index in [0.29, 0.717) is 58.5 Å². The first-order valence-corrected chi connectivity index (χ1v) is 14.7. The number of hydrogen-bond donors (Lipinski definition) is 4. The normalized spacial score (nSPS) is 27.0. The standard InChI is InChI=1S/C31H44N4O4/c36-30(32-20-18-26-12-3-1-4-13-26)28-16-7-9-22-34(28,38)24-11-25-35(39)23-10-8-17-29(35)31(37)33-21-19-27-14-5-2-6-15-27/h1-6,12-15,28-29,38-39H,7-11,16-25H2/p+2/t28-,29-,34+,35+/m0/s1. The van der Waals surface area contributed by atoms with Gasteiger partial charge in [-0.1, -0.05) is 60.7 Å². The molecule has 8 heteroatoms. The Bertz CT molecular complexity index is 970. The number of amides is 2. The molecular formula is C31H46N4O4+2. The minimum absolute atomic E-state index is 0.102. The van der Waals surface area contributed by atoms with Crippen LogP contribution in [-0.4, -0.2) is 82.9 Å². The number of likely N-dealkylation sites (tertiary alicyclic amines) is 2. The summed E-state index contributed by atoms with van der Waals surface area (Å²) < 4.78 is -0.573. The predicted molar refractivity (Wildman–Crippen MR) is 150 cm³/mol. The highest BCUT2D eigenvalue weighted by Gasteiger charge is 2.46. The summed E-state index contributed by atoms with van der Waals surface area (Å²) in [4.78, 5) is 26.2. The maximum atomic E-state index is 13.1. The second-order valence-electron chi connectivity index (χ2n) is 11.3. The van der Waals surface area contributed by atoms with Gasteiger partial charge < -0.3 is 10.6 Å². The fraction of sp³-hybridized carbons (Fsp3) is 0.548. The third kappa shape index (κ3) is 8.11. The molecule has 2 aliphatic rings. The lowest BCUT2D eigenvalue weighted by Crippen LogP contribution is -2.64. The van der Waals surface area contributed by atoms with Crippen LogP contribution >= 0.6 is 0 Å². The molecule has 0 bridgehead atoms. The second kappa shape index (κ2) is 14.0. The molecule has 39 heavy (non-hydrogen) atoms. The summed E-state index contributed by atoms with van der Waals surface area (Å²) in [6.45, 7) is 2.92. The molecule has 2 aromatic carbocycles. The molecule has 0 aliphatic carbocycles. The van der Waals surface area contributed by atoms with Gasteiger partial charge in [0, 0.05) is 25.9 Å². The van der Waals surface area contributed by atoms with Gasteiger partial charge in [0.25, 0.3) is 11.8 Å². The summed E-state index contributed by atoms with van der Waals surface area (Å²) >= 11 is 0. The Hall–Kier alpha value is -2.78. The molecule has 0 unspecified atom stereocenters. The zero-order chi connectivity index (χ0) is 27.6. The number of carbonyl (C=O) groups is 2. The van der Waals surface area contributed by atoms with Crippen molar-refractivity contribution in [2.24, 2.45) is 0 Å². The van der Waals surface area contributed by atoms with Crippen molar-refractivity contribution in [1.82, 2.24) is 10.6 Å². The molecule has 0 spiro atoms. The Kier molecular flexibility index (Phi) is 10.5. The van der Waals surface area contributed by atoms with Crippen LogP contribution in [0.1, 0.15) is 56.1 Å². The van der Waals surface area contributed by atoms with E-state index < -0.39 is 12.1 Å². The summed E-state index contributed by atoms with van der Waals surface area (Å²) in [5, 5.41) is 29.2. The van der Waals surface area contributed by atoms with Crippen LogP contribution in [0.3, 0.4) is 0 Å². The second-order valence-corrected chi connectivity index (χ2v) is 11.3.